The predicted molar refractivity (Wildman–Crippen MR) is 44.7 cm³/mol. The van der Waals surface area contributed by atoms with Crippen LogP contribution >= 0.6 is 0 Å². The van der Waals surface area contributed by atoms with Gasteiger partial charge in [-0.15, -0.1) is 0 Å². The summed E-state index contributed by atoms with van der Waals surface area (Å²) < 4.78 is 0. The third-order valence-electron chi connectivity index (χ3n) is 1.65. The Labute approximate surface area is 66.0 Å². The topological polar surface area (TPSA) is 24.4 Å². The van der Waals surface area contributed by atoms with E-state index in [1.54, 1.807) is 0 Å². The van der Waals surface area contributed by atoms with Crippen molar-refractivity contribution in [1.82, 2.24) is 5.32 Å². The lowest BCUT2D eigenvalue weighted by molar-refractivity contribution is 0.960. The van der Waals surface area contributed by atoms with Crippen LogP contribution in [0, 0.1) is 6.07 Å². The van der Waals surface area contributed by atoms with E-state index in [0.717, 1.165) is 24.5 Å². The highest BCUT2D eigenvalue weighted by Crippen LogP contribution is 2.00. The molecule has 0 amide bonds. The minimum absolute atomic E-state index is 0.893. The van der Waals surface area contributed by atoms with Crippen molar-refractivity contribution in [3.63, 3.8) is 0 Å². The fourth-order valence-electron chi connectivity index (χ4n) is 1.13. The summed E-state index contributed by atoms with van der Waals surface area (Å²) in [5, 5.41) is 3.20. The molecule has 0 spiro atoms. The van der Waals surface area contributed by atoms with Gasteiger partial charge < -0.3 is 5.32 Å². The zero-order valence-corrected chi connectivity index (χ0v) is 6.17. The SMILES string of the molecule is [c]1cccc(C2=NCCN2)c1. The van der Waals surface area contributed by atoms with Gasteiger partial charge in [0.15, 0.2) is 0 Å². The van der Waals surface area contributed by atoms with Crippen LogP contribution in [-0.4, -0.2) is 18.9 Å². The van der Waals surface area contributed by atoms with Gasteiger partial charge in [0, 0.05) is 12.1 Å². The summed E-state index contributed by atoms with van der Waals surface area (Å²) in [6.45, 7) is 1.86. The van der Waals surface area contributed by atoms with E-state index < -0.39 is 0 Å². The van der Waals surface area contributed by atoms with Crippen molar-refractivity contribution < 1.29 is 0 Å². The van der Waals surface area contributed by atoms with Crippen molar-refractivity contribution in [1.29, 1.82) is 0 Å². The van der Waals surface area contributed by atoms with Gasteiger partial charge in [0.1, 0.15) is 5.84 Å². The summed E-state index contributed by atoms with van der Waals surface area (Å²) in [6, 6.07) is 10.9. The van der Waals surface area contributed by atoms with Crippen LogP contribution in [0.2, 0.25) is 0 Å². The first kappa shape index (κ1) is 6.40. The Bertz CT molecular complexity index is 264. The summed E-state index contributed by atoms with van der Waals surface area (Å²) in [5.41, 5.74) is 1.13. The molecule has 2 nitrogen and oxygen atoms in total. The first-order valence-corrected chi connectivity index (χ1v) is 3.71. The van der Waals surface area contributed by atoms with Crippen LogP contribution in [0.3, 0.4) is 0 Å². The summed E-state index contributed by atoms with van der Waals surface area (Å²) in [6.07, 6.45) is 0. The highest BCUT2D eigenvalue weighted by Gasteiger charge is 2.05. The third kappa shape index (κ3) is 1.24. The fraction of sp³-hybridized carbons (Fsp3) is 0.222. The average Bonchev–Trinajstić information content (AvgIpc) is 2.58. The maximum Gasteiger partial charge on any atom is 0.128 e. The van der Waals surface area contributed by atoms with Gasteiger partial charge in [-0.3, -0.25) is 4.99 Å². The lowest BCUT2D eigenvalue weighted by Crippen LogP contribution is -2.19. The van der Waals surface area contributed by atoms with Gasteiger partial charge in [-0.05, 0) is 12.1 Å². The number of amidine groups is 1. The van der Waals surface area contributed by atoms with Crippen molar-refractivity contribution >= 4 is 5.84 Å². The summed E-state index contributed by atoms with van der Waals surface area (Å²) >= 11 is 0. The van der Waals surface area contributed by atoms with Crippen LogP contribution in [0.5, 0.6) is 0 Å². The van der Waals surface area contributed by atoms with Crippen molar-refractivity contribution in [3.8, 4) is 0 Å². The van der Waals surface area contributed by atoms with Crippen LogP contribution in [0.4, 0.5) is 0 Å². The Balaban J connectivity index is 2.29. The van der Waals surface area contributed by atoms with Gasteiger partial charge in [0.25, 0.3) is 0 Å². The quantitative estimate of drug-likeness (QED) is 0.622. The molecular formula is C9H9N2. The number of aliphatic imine (C=N–C) groups is 1. The number of benzene rings is 1. The molecule has 0 aromatic heterocycles. The predicted octanol–water partition coefficient (Wildman–Crippen LogP) is 0.837. The molecule has 1 aliphatic heterocycles. The van der Waals surface area contributed by atoms with Gasteiger partial charge in [-0.1, -0.05) is 18.2 Å². The number of hydrogen-bond acceptors (Lipinski definition) is 2. The molecule has 0 saturated carbocycles. The molecule has 0 aliphatic carbocycles. The monoisotopic (exact) mass is 145 g/mol. The number of hydrogen-bond donors (Lipinski definition) is 1. The Morgan fingerprint density at radius 1 is 1.55 bits per heavy atom. The summed E-state index contributed by atoms with van der Waals surface area (Å²) in [4.78, 5) is 4.29. The van der Waals surface area contributed by atoms with Crippen molar-refractivity contribution in [2.75, 3.05) is 13.1 Å². The fourth-order valence-corrected chi connectivity index (χ4v) is 1.13. The van der Waals surface area contributed by atoms with E-state index in [-0.39, 0.29) is 0 Å². The second-order valence-electron chi connectivity index (χ2n) is 2.45. The third-order valence-corrected chi connectivity index (χ3v) is 1.65. The van der Waals surface area contributed by atoms with Crippen LogP contribution in [-0.2, 0) is 0 Å². The van der Waals surface area contributed by atoms with E-state index in [1.165, 1.54) is 0 Å². The van der Waals surface area contributed by atoms with Crippen molar-refractivity contribution in [2.45, 2.75) is 0 Å². The van der Waals surface area contributed by atoms with Crippen molar-refractivity contribution in [3.05, 3.63) is 35.9 Å². The van der Waals surface area contributed by atoms with Crippen LogP contribution in [0.15, 0.2) is 29.3 Å². The highest BCUT2D eigenvalue weighted by molar-refractivity contribution is 5.99. The lowest BCUT2D eigenvalue weighted by atomic mass is 10.2. The van der Waals surface area contributed by atoms with Gasteiger partial charge in [0.2, 0.25) is 0 Å². The minimum Gasteiger partial charge on any atom is -0.368 e. The molecule has 1 radical (unpaired) electrons. The molecule has 1 heterocycles. The maximum atomic E-state index is 4.29. The second-order valence-corrected chi connectivity index (χ2v) is 2.45. The highest BCUT2D eigenvalue weighted by atomic mass is 15.1. The minimum atomic E-state index is 0.893. The van der Waals surface area contributed by atoms with E-state index in [2.05, 4.69) is 16.4 Å². The Kier molecular flexibility index (Phi) is 1.60. The zero-order valence-electron chi connectivity index (χ0n) is 6.17. The molecule has 1 aromatic carbocycles. The molecule has 0 atom stereocenters. The van der Waals surface area contributed by atoms with Crippen molar-refractivity contribution in [2.24, 2.45) is 4.99 Å². The molecule has 55 valence electrons. The van der Waals surface area contributed by atoms with Gasteiger partial charge in [-0.25, -0.2) is 0 Å². The lowest BCUT2D eigenvalue weighted by Gasteiger charge is -1.99. The molecule has 1 aliphatic rings. The average molecular weight is 145 g/mol. The smallest absolute Gasteiger partial charge is 0.128 e. The Morgan fingerprint density at radius 2 is 2.55 bits per heavy atom. The number of nitrogens with zero attached hydrogens (tertiary/aromatic N) is 1. The largest absolute Gasteiger partial charge is 0.368 e. The van der Waals surface area contributed by atoms with E-state index in [1.807, 2.05) is 24.3 Å². The molecule has 1 aromatic rings. The molecule has 2 rings (SSSR count). The van der Waals surface area contributed by atoms with E-state index >= 15 is 0 Å². The van der Waals surface area contributed by atoms with Crippen LogP contribution < -0.4 is 5.32 Å². The molecule has 0 fully saturated rings. The maximum absolute atomic E-state index is 4.29. The molecule has 2 heteroatoms. The van der Waals surface area contributed by atoms with E-state index in [4.69, 9.17) is 0 Å². The molecule has 0 bridgehead atoms. The second kappa shape index (κ2) is 2.74. The standard InChI is InChI=1S/C9H9N2/c1-2-4-8(5-3-1)9-10-6-7-11-9/h1-2,4-5H,6-7H2,(H,10,11). The van der Waals surface area contributed by atoms with Crippen LogP contribution in [0.25, 0.3) is 0 Å². The molecule has 1 N–H and O–H groups in total. The Morgan fingerprint density at radius 3 is 3.18 bits per heavy atom. The molecule has 11 heavy (non-hydrogen) atoms. The zero-order chi connectivity index (χ0) is 7.52. The molecule has 0 saturated heterocycles. The van der Waals surface area contributed by atoms with Crippen LogP contribution in [0.1, 0.15) is 5.56 Å². The van der Waals surface area contributed by atoms with Gasteiger partial charge in [-0.2, -0.15) is 0 Å². The van der Waals surface area contributed by atoms with Gasteiger partial charge in [0.05, 0.1) is 6.54 Å². The molecule has 0 unspecified atom stereocenters. The normalized spacial score (nSPS) is 15.8. The summed E-state index contributed by atoms with van der Waals surface area (Å²) in [5.74, 6) is 1.00. The van der Waals surface area contributed by atoms with E-state index in [0.29, 0.717) is 0 Å². The van der Waals surface area contributed by atoms with E-state index in [9.17, 15) is 0 Å². The first-order valence-electron chi connectivity index (χ1n) is 3.71. The number of nitrogens with one attached hydrogen (secondary N) is 1. The van der Waals surface area contributed by atoms with Gasteiger partial charge >= 0.3 is 0 Å². The summed E-state index contributed by atoms with van der Waals surface area (Å²) in [7, 11) is 0. The Hall–Kier alpha value is -1.31. The molecular weight excluding hydrogens is 136 g/mol. The number of rotatable bonds is 1. The first-order chi connectivity index (χ1) is 5.47.